The number of nitrogens with one attached hydrogen (secondary N) is 2. The first kappa shape index (κ1) is 29.7. The molecule has 1 saturated heterocycles. The van der Waals surface area contributed by atoms with Gasteiger partial charge in [-0.25, -0.2) is 4.79 Å². The summed E-state index contributed by atoms with van der Waals surface area (Å²) in [6.45, 7) is 7.73. The van der Waals surface area contributed by atoms with E-state index in [-0.39, 0.29) is 18.0 Å². The third-order valence-electron chi connectivity index (χ3n) is 7.91. The van der Waals surface area contributed by atoms with Gasteiger partial charge in [-0.15, -0.1) is 0 Å². The van der Waals surface area contributed by atoms with Crippen LogP contribution in [0.3, 0.4) is 0 Å². The van der Waals surface area contributed by atoms with Crippen LogP contribution in [0.25, 0.3) is 0 Å². The van der Waals surface area contributed by atoms with E-state index in [0.717, 1.165) is 68.8 Å². The number of ether oxygens (including phenoxy) is 2. The standard InChI is InChI=1S/C30H51N3O4/c1-23(2)20-26(21-31-3)32-29(34)33-17-9-10-25(22-33)30(35,16-7-8-18-36-4)27-11-5-6-12-28(27)37-19-15-24-13-14-24/h5-6,11-12,23-26,31,35H,7-10,13-22H2,1-4H3,(H,32,34). The first-order valence-corrected chi connectivity index (χ1v) is 14.5. The van der Waals surface area contributed by atoms with Gasteiger partial charge < -0.3 is 30.1 Å². The molecule has 210 valence electrons. The SMILES string of the molecule is CNCC(CC(C)C)NC(=O)N1CCCC(C(O)(CCCCOC)c2ccccc2OCCC2CC2)C1. The lowest BCUT2D eigenvalue weighted by Gasteiger charge is -2.43. The van der Waals surface area contributed by atoms with Crippen molar-refractivity contribution in [1.29, 1.82) is 0 Å². The summed E-state index contributed by atoms with van der Waals surface area (Å²) in [5.41, 5.74) is -0.200. The van der Waals surface area contributed by atoms with E-state index in [0.29, 0.717) is 32.1 Å². The predicted octanol–water partition coefficient (Wildman–Crippen LogP) is 4.93. The molecule has 3 atom stereocenters. The highest BCUT2D eigenvalue weighted by Crippen LogP contribution is 2.43. The fraction of sp³-hybridized carbons (Fsp3) is 0.767. The first-order chi connectivity index (χ1) is 17.9. The monoisotopic (exact) mass is 517 g/mol. The molecule has 3 rings (SSSR count). The van der Waals surface area contributed by atoms with E-state index in [1.54, 1.807) is 7.11 Å². The predicted molar refractivity (Wildman–Crippen MR) is 149 cm³/mol. The minimum Gasteiger partial charge on any atom is -0.493 e. The normalized spacial score (nSPS) is 20.5. The van der Waals surface area contributed by atoms with Crippen LogP contribution in [0, 0.1) is 17.8 Å². The number of piperidine rings is 1. The van der Waals surface area contributed by atoms with Gasteiger partial charge in [-0.1, -0.05) is 44.9 Å². The lowest BCUT2D eigenvalue weighted by molar-refractivity contribution is -0.0580. The molecule has 1 aliphatic heterocycles. The highest BCUT2D eigenvalue weighted by Gasteiger charge is 2.43. The number of amides is 2. The number of carbonyl (C=O) groups excluding carboxylic acids is 1. The van der Waals surface area contributed by atoms with Crippen molar-refractivity contribution in [3.8, 4) is 5.75 Å². The second kappa shape index (κ2) is 14.9. The molecule has 37 heavy (non-hydrogen) atoms. The number of para-hydroxylation sites is 1. The third-order valence-corrected chi connectivity index (χ3v) is 7.91. The van der Waals surface area contributed by atoms with Crippen molar-refractivity contribution in [3.63, 3.8) is 0 Å². The lowest BCUT2D eigenvalue weighted by Crippen LogP contribution is -2.54. The number of rotatable bonds is 16. The van der Waals surface area contributed by atoms with Gasteiger partial charge in [-0.2, -0.15) is 0 Å². The van der Waals surface area contributed by atoms with Crippen LogP contribution in [0.4, 0.5) is 4.79 Å². The van der Waals surface area contributed by atoms with E-state index < -0.39 is 5.60 Å². The van der Waals surface area contributed by atoms with Crippen molar-refractivity contribution in [2.24, 2.45) is 17.8 Å². The van der Waals surface area contributed by atoms with Gasteiger partial charge in [-0.3, -0.25) is 0 Å². The van der Waals surface area contributed by atoms with Gasteiger partial charge in [0.2, 0.25) is 0 Å². The maximum Gasteiger partial charge on any atom is 0.317 e. The van der Waals surface area contributed by atoms with Crippen LogP contribution in [0.1, 0.15) is 77.2 Å². The van der Waals surface area contributed by atoms with E-state index >= 15 is 0 Å². The van der Waals surface area contributed by atoms with Crippen LogP contribution in [-0.2, 0) is 10.3 Å². The van der Waals surface area contributed by atoms with Crippen molar-refractivity contribution in [3.05, 3.63) is 29.8 Å². The first-order valence-electron chi connectivity index (χ1n) is 14.5. The van der Waals surface area contributed by atoms with Crippen LogP contribution in [0.2, 0.25) is 0 Å². The van der Waals surface area contributed by atoms with Gasteiger partial charge in [0.15, 0.2) is 0 Å². The zero-order chi connectivity index (χ0) is 26.7. The Labute approximate surface area is 224 Å². The Morgan fingerprint density at radius 3 is 2.68 bits per heavy atom. The lowest BCUT2D eigenvalue weighted by atomic mass is 9.73. The molecular weight excluding hydrogens is 466 g/mol. The maximum absolute atomic E-state index is 13.3. The quantitative estimate of drug-likeness (QED) is 0.271. The van der Waals surface area contributed by atoms with E-state index in [1.165, 1.54) is 12.8 Å². The Morgan fingerprint density at radius 1 is 1.19 bits per heavy atom. The minimum absolute atomic E-state index is 0.0266. The summed E-state index contributed by atoms with van der Waals surface area (Å²) in [5, 5.41) is 18.9. The van der Waals surface area contributed by atoms with Gasteiger partial charge in [0.1, 0.15) is 5.75 Å². The summed E-state index contributed by atoms with van der Waals surface area (Å²) in [4.78, 5) is 15.2. The van der Waals surface area contributed by atoms with E-state index in [4.69, 9.17) is 9.47 Å². The molecular formula is C30H51N3O4. The number of nitrogens with zero attached hydrogens (tertiary/aromatic N) is 1. The van der Waals surface area contributed by atoms with Gasteiger partial charge >= 0.3 is 6.03 Å². The van der Waals surface area contributed by atoms with Gasteiger partial charge in [0, 0.05) is 50.9 Å². The van der Waals surface area contributed by atoms with Crippen LogP contribution in [0.15, 0.2) is 24.3 Å². The van der Waals surface area contributed by atoms with Gasteiger partial charge in [-0.05, 0) is 69.9 Å². The van der Waals surface area contributed by atoms with Crippen LogP contribution < -0.4 is 15.4 Å². The summed E-state index contributed by atoms with van der Waals surface area (Å²) in [6, 6.07) is 8.05. The van der Waals surface area contributed by atoms with Crippen molar-refractivity contribution in [1.82, 2.24) is 15.5 Å². The number of hydrogen-bond donors (Lipinski definition) is 3. The topological polar surface area (TPSA) is 83.1 Å². The van der Waals surface area contributed by atoms with E-state index in [9.17, 15) is 9.90 Å². The molecule has 1 heterocycles. The maximum atomic E-state index is 13.3. The smallest absolute Gasteiger partial charge is 0.317 e. The third kappa shape index (κ3) is 9.15. The molecule has 2 amide bonds. The molecule has 0 bridgehead atoms. The molecule has 0 aromatic heterocycles. The molecule has 1 aliphatic carbocycles. The van der Waals surface area contributed by atoms with E-state index in [2.05, 4.69) is 24.5 Å². The Bertz CT molecular complexity index is 816. The molecule has 1 aromatic rings. The van der Waals surface area contributed by atoms with Gasteiger partial charge in [0.05, 0.1) is 12.2 Å². The van der Waals surface area contributed by atoms with Crippen molar-refractivity contribution < 1.29 is 19.4 Å². The summed E-state index contributed by atoms with van der Waals surface area (Å²) in [6.07, 6.45) is 8.73. The zero-order valence-electron chi connectivity index (χ0n) is 23.6. The highest BCUT2D eigenvalue weighted by molar-refractivity contribution is 5.74. The number of urea groups is 1. The van der Waals surface area contributed by atoms with Crippen molar-refractivity contribution in [2.75, 3.05) is 47.0 Å². The Kier molecular flexibility index (Phi) is 12.0. The summed E-state index contributed by atoms with van der Waals surface area (Å²) in [7, 11) is 3.64. The van der Waals surface area contributed by atoms with Crippen molar-refractivity contribution >= 4 is 6.03 Å². The van der Waals surface area contributed by atoms with Crippen LogP contribution in [-0.4, -0.2) is 69.1 Å². The molecule has 0 radical (unpaired) electrons. The Morgan fingerprint density at radius 2 is 1.97 bits per heavy atom. The fourth-order valence-electron chi connectivity index (χ4n) is 5.72. The summed E-state index contributed by atoms with van der Waals surface area (Å²) >= 11 is 0. The average molecular weight is 518 g/mol. The number of aliphatic hydroxyl groups is 1. The average Bonchev–Trinajstić information content (AvgIpc) is 3.71. The summed E-state index contributed by atoms with van der Waals surface area (Å²) < 4.78 is 11.5. The molecule has 2 aliphatic rings. The number of likely N-dealkylation sites (N-methyl/N-ethyl adjacent to an activating group) is 1. The Hall–Kier alpha value is -1.83. The van der Waals surface area contributed by atoms with Crippen LogP contribution in [0.5, 0.6) is 5.75 Å². The second-order valence-corrected chi connectivity index (χ2v) is 11.6. The zero-order valence-corrected chi connectivity index (χ0v) is 23.6. The number of benzene rings is 1. The number of methoxy groups -OCH3 is 1. The highest BCUT2D eigenvalue weighted by atomic mass is 16.5. The van der Waals surface area contributed by atoms with Crippen molar-refractivity contribution in [2.45, 2.75) is 83.3 Å². The number of hydrogen-bond acceptors (Lipinski definition) is 5. The summed E-state index contributed by atoms with van der Waals surface area (Å²) in [5.74, 6) is 2.02. The minimum atomic E-state index is -1.06. The largest absolute Gasteiger partial charge is 0.493 e. The molecule has 3 N–H and O–H groups in total. The van der Waals surface area contributed by atoms with Crippen LogP contribution >= 0.6 is 0 Å². The van der Waals surface area contributed by atoms with Gasteiger partial charge in [0.25, 0.3) is 0 Å². The fourth-order valence-corrected chi connectivity index (χ4v) is 5.72. The number of unbranched alkanes of at least 4 members (excludes halogenated alkanes) is 1. The second-order valence-electron chi connectivity index (χ2n) is 11.6. The molecule has 1 aromatic carbocycles. The molecule has 7 heteroatoms. The molecule has 2 fully saturated rings. The molecule has 7 nitrogen and oxygen atoms in total. The molecule has 1 saturated carbocycles. The Balaban J connectivity index is 1.76. The molecule has 0 spiro atoms. The number of likely N-dealkylation sites (tertiary alicyclic amines) is 1. The molecule has 3 unspecified atom stereocenters. The number of carbonyl (C=O) groups is 1. The van der Waals surface area contributed by atoms with E-state index in [1.807, 2.05) is 36.2 Å².